The summed E-state index contributed by atoms with van der Waals surface area (Å²) >= 11 is 0. The minimum absolute atomic E-state index is 0.146. The van der Waals surface area contributed by atoms with Crippen molar-refractivity contribution in [2.45, 2.75) is 38.2 Å². The summed E-state index contributed by atoms with van der Waals surface area (Å²) in [5.74, 6) is 0. The van der Waals surface area contributed by atoms with E-state index in [4.69, 9.17) is 9.84 Å². The second kappa shape index (κ2) is 2.76. The molecule has 2 heteroatoms. The van der Waals surface area contributed by atoms with E-state index in [1.165, 1.54) is 25.7 Å². The lowest BCUT2D eigenvalue weighted by Gasteiger charge is -2.19. The van der Waals surface area contributed by atoms with Crippen molar-refractivity contribution in [1.82, 2.24) is 0 Å². The summed E-state index contributed by atoms with van der Waals surface area (Å²) in [4.78, 5) is 0. The SMILES string of the molecule is OCC1CC2(CCCC2)CO1. The van der Waals surface area contributed by atoms with Gasteiger partial charge in [0.25, 0.3) is 0 Å². The number of ether oxygens (including phenoxy) is 1. The first kappa shape index (κ1) is 7.56. The molecule has 0 bridgehead atoms. The van der Waals surface area contributed by atoms with Crippen LogP contribution < -0.4 is 0 Å². The fourth-order valence-electron chi connectivity index (χ4n) is 2.49. The van der Waals surface area contributed by atoms with Crippen LogP contribution >= 0.6 is 0 Å². The number of aliphatic hydroxyl groups excluding tert-OH is 1. The van der Waals surface area contributed by atoms with Crippen LogP contribution in [0, 0.1) is 5.41 Å². The van der Waals surface area contributed by atoms with Crippen LogP contribution in [0.2, 0.25) is 0 Å². The van der Waals surface area contributed by atoms with Gasteiger partial charge in [0.05, 0.1) is 19.3 Å². The molecule has 1 unspecified atom stereocenters. The van der Waals surface area contributed by atoms with Gasteiger partial charge in [-0.2, -0.15) is 0 Å². The molecular formula is C9H16O2. The normalized spacial score (nSPS) is 35.2. The molecular weight excluding hydrogens is 140 g/mol. The number of aliphatic hydroxyl groups is 1. The molecule has 1 aliphatic heterocycles. The predicted molar refractivity (Wildman–Crippen MR) is 42.3 cm³/mol. The first-order valence-corrected chi connectivity index (χ1v) is 4.57. The van der Waals surface area contributed by atoms with E-state index in [0.717, 1.165) is 13.0 Å². The Bertz CT molecular complexity index is 138. The summed E-state index contributed by atoms with van der Waals surface area (Å²) in [6.45, 7) is 1.11. The molecule has 0 aromatic carbocycles. The van der Waals surface area contributed by atoms with Gasteiger partial charge in [0.15, 0.2) is 0 Å². The Kier molecular flexibility index (Phi) is 1.90. The summed E-state index contributed by atoms with van der Waals surface area (Å²) in [6.07, 6.45) is 6.62. The topological polar surface area (TPSA) is 29.5 Å². The van der Waals surface area contributed by atoms with Gasteiger partial charge in [-0.3, -0.25) is 0 Å². The van der Waals surface area contributed by atoms with Crippen molar-refractivity contribution in [3.05, 3.63) is 0 Å². The van der Waals surface area contributed by atoms with Crippen LogP contribution in [0.25, 0.3) is 0 Å². The lowest BCUT2D eigenvalue weighted by molar-refractivity contribution is 0.0530. The van der Waals surface area contributed by atoms with Gasteiger partial charge in [0, 0.05) is 0 Å². The van der Waals surface area contributed by atoms with E-state index in [0.29, 0.717) is 5.41 Å². The molecule has 1 saturated heterocycles. The molecule has 0 aromatic heterocycles. The third-order valence-electron chi connectivity index (χ3n) is 3.15. The Morgan fingerprint density at radius 2 is 2.09 bits per heavy atom. The van der Waals surface area contributed by atoms with Crippen LogP contribution in [-0.4, -0.2) is 24.4 Å². The average Bonchev–Trinajstić information content (AvgIpc) is 2.62. The maximum absolute atomic E-state index is 8.88. The smallest absolute Gasteiger partial charge is 0.0812 e. The summed E-state index contributed by atoms with van der Waals surface area (Å²) < 4.78 is 5.49. The Morgan fingerprint density at radius 1 is 1.36 bits per heavy atom. The van der Waals surface area contributed by atoms with Crippen molar-refractivity contribution in [3.8, 4) is 0 Å². The summed E-state index contributed by atoms with van der Waals surface area (Å²) in [6, 6.07) is 0. The fraction of sp³-hybridized carbons (Fsp3) is 1.00. The standard InChI is InChI=1S/C9H16O2/c10-6-8-5-9(7-11-8)3-1-2-4-9/h8,10H,1-7H2. The van der Waals surface area contributed by atoms with Crippen LogP contribution in [0.5, 0.6) is 0 Å². The number of rotatable bonds is 1. The monoisotopic (exact) mass is 156 g/mol. The zero-order chi connectivity index (χ0) is 7.73. The Balaban J connectivity index is 1.96. The summed E-state index contributed by atoms with van der Waals surface area (Å²) in [5.41, 5.74) is 0.480. The molecule has 2 aliphatic rings. The van der Waals surface area contributed by atoms with Crippen LogP contribution in [0.15, 0.2) is 0 Å². The van der Waals surface area contributed by atoms with Crippen LogP contribution in [-0.2, 0) is 4.74 Å². The number of hydrogen-bond donors (Lipinski definition) is 1. The summed E-state index contributed by atoms with van der Waals surface area (Å²) in [7, 11) is 0. The lowest BCUT2D eigenvalue weighted by atomic mass is 9.84. The zero-order valence-electron chi connectivity index (χ0n) is 6.88. The van der Waals surface area contributed by atoms with Crippen LogP contribution in [0.4, 0.5) is 0 Å². The highest BCUT2D eigenvalue weighted by molar-refractivity contribution is 4.91. The molecule has 1 aliphatic carbocycles. The van der Waals surface area contributed by atoms with E-state index in [-0.39, 0.29) is 12.7 Å². The van der Waals surface area contributed by atoms with E-state index in [1.807, 2.05) is 0 Å². The van der Waals surface area contributed by atoms with E-state index in [1.54, 1.807) is 0 Å². The lowest BCUT2D eigenvalue weighted by Crippen LogP contribution is -2.16. The van der Waals surface area contributed by atoms with Gasteiger partial charge in [-0.15, -0.1) is 0 Å². The number of hydrogen-bond acceptors (Lipinski definition) is 2. The van der Waals surface area contributed by atoms with Crippen molar-refractivity contribution < 1.29 is 9.84 Å². The van der Waals surface area contributed by atoms with Crippen molar-refractivity contribution in [1.29, 1.82) is 0 Å². The molecule has 11 heavy (non-hydrogen) atoms. The van der Waals surface area contributed by atoms with Crippen molar-refractivity contribution in [3.63, 3.8) is 0 Å². The Hall–Kier alpha value is -0.0800. The maximum Gasteiger partial charge on any atom is 0.0812 e. The minimum atomic E-state index is 0.146. The van der Waals surface area contributed by atoms with Gasteiger partial charge < -0.3 is 9.84 Å². The third-order valence-corrected chi connectivity index (χ3v) is 3.15. The molecule has 2 rings (SSSR count). The molecule has 64 valence electrons. The largest absolute Gasteiger partial charge is 0.394 e. The van der Waals surface area contributed by atoms with Gasteiger partial charge >= 0.3 is 0 Å². The highest BCUT2D eigenvalue weighted by atomic mass is 16.5. The van der Waals surface area contributed by atoms with Gasteiger partial charge in [0.2, 0.25) is 0 Å². The van der Waals surface area contributed by atoms with E-state index in [9.17, 15) is 0 Å². The maximum atomic E-state index is 8.88. The highest BCUT2D eigenvalue weighted by Crippen LogP contribution is 2.46. The summed E-state index contributed by atoms with van der Waals surface area (Å²) in [5, 5.41) is 8.88. The van der Waals surface area contributed by atoms with Crippen LogP contribution in [0.1, 0.15) is 32.1 Å². The van der Waals surface area contributed by atoms with Crippen molar-refractivity contribution >= 4 is 0 Å². The highest BCUT2D eigenvalue weighted by Gasteiger charge is 2.41. The van der Waals surface area contributed by atoms with Crippen LogP contribution in [0.3, 0.4) is 0 Å². The molecule has 0 radical (unpaired) electrons. The Labute approximate surface area is 67.6 Å². The third kappa shape index (κ3) is 1.30. The molecule has 1 spiro atoms. The van der Waals surface area contributed by atoms with Gasteiger partial charge in [-0.1, -0.05) is 12.8 Å². The van der Waals surface area contributed by atoms with E-state index in [2.05, 4.69) is 0 Å². The van der Waals surface area contributed by atoms with E-state index >= 15 is 0 Å². The molecule has 0 amide bonds. The zero-order valence-corrected chi connectivity index (χ0v) is 6.88. The van der Waals surface area contributed by atoms with Gasteiger partial charge in [-0.25, -0.2) is 0 Å². The Morgan fingerprint density at radius 3 is 2.64 bits per heavy atom. The van der Waals surface area contributed by atoms with Gasteiger partial charge in [-0.05, 0) is 24.7 Å². The first-order chi connectivity index (χ1) is 5.35. The molecule has 1 heterocycles. The van der Waals surface area contributed by atoms with E-state index < -0.39 is 0 Å². The van der Waals surface area contributed by atoms with Crippen molar-refractivity contribution in [2.75, 3.05) is 13.2 Å². The predicted octanol–water partition coefficient (Wildman–Crippen LogP) is 1.33. The second-order valence-electron chi connectivity index (χ2n) is 4.03. The van der Waals surface area contributed by atoms with Gasteiger partial charge in [0.1, 0.15) is 0 Å². The van der Waals surface area contributed by atoms with Crippen molar-refractivity contribution in [2.24, 2.45) is 5.41 Å². The molecule has 1 saturated carbocycles. The molecule has 2 nitrogen and oxygen atoms in total. The first-order valence-electron chi connectivity index (χ1n) is 4.57. The quantitative estimate of drug-likeness (QED) is 0.620. The second-order valence-corrected chi connectivity index (χ2v) is 4.03. The average molecular weight is 156 g/mol. The minimum Gasteiger partial charge on any atom is -0.394 e. The molecule has 0 aromatic rings. The molecule has 1 N–H and O–H groups in total. The molecule has 1 atom stereocenters. The fourth-order valence-corrected chi connectivity index (χ4v) is 2.49. The molecule has 2 fully saturated rings.